The highest BCUT2D eigenvalue weighted by Gasteiger charge is 2.44. The Balaban J connectivity index is 0.899. The second-order valence-corrected chi connectivity index (χ2v) is 20.9. The number of nitrogens with zero attached hydrogens (tertiary/aromatic N) is 6. The van der Waals surface area contributed by atoms with Gasteiger partial charge in [-0.3, -0.25) is 34.1 Å². The van der Waals surface area contributed by atoms with Crippen LogP contribution in [0.2, 0.25) is 5.02 Å². The number of fused-ring (bicyclic) bond motifs is 4. The van der Waals surface area contributed by atoms with Crippen molar-refractivity contribution in [3.63, 3.8) is 0 Å². The Morgan fingerprint density at radius 1 is 0.917 bits per heavy atom. The van der Waals surface area contributed by atoms with Gasteiger partial charge in [-0.15, -0.1) is 0 Å². The van der Waals surface area contributed by atoms with Gasteiger partial charge in [0, 0.05) is 84.4 Å². The number of esters is 1. The number of likely N-dealkylation sites (tertiary alicyclic amines) is 2. The molecule has 376 valence electrons. The summed E-state index contributed by atoms with van der Waals surface area (Å²) in [5.74, 6) is -0.774. The number of benzene rings is 4. The Bertz CT molecular complexity index is 3190. The second-order valence-electron chi connectivity index (χ2n) is 20.5. The molecular formula is C55H59ClFN7O8. The molecule has 4 aliphatic rings. The van der Waals surface area contributed by atoms with Crippen molar-refractivity contribution in [3.05, 3.63) is 111 Å². The smallest absolute Gasteiger partial charge is 0.355 e. The summed E-state index contributed by atoms with van der Waals surface area (Å²) in [5.41, 5.74) is 5.77. The Labute approximate surface area is 422 Å². The van der Waals surface area contributed by atoms with E-state index in [1.807, 2.05) is 81.6 Å². The Hall–Kier alpha value is -6.78. The molecule has 17 heteroatoms. The van der Waals surface area contributed by atoms with E-state index < -0.39 is 23.5 Å². The van der Waals surface area contributed by atoms with Crippen molar-refractivity contribution in [2.75, 3.05) is 39.4 Å². The number of hydrogen-bond acceptors (Lipinski definition) is 10. The first-order chi connectivity index (χ1) is 34.4. The quantitative estimate of drug-likeness (QED) is 0.0646. The van der Waals surface area contributed by atoms with Gasteiger partial charge in [0.15, 0.2) is 6.61 Å². The molecule has 0 saturated carbocycles. The molecule has 4 aliphatic heterocycles. The molecule has 0 radical (unpaired) electrons. The number of imide groups is 1. The lowest BCUT2D eigenvalue weighted by atomic mass is 9.98. The van der Waals surface area contributed by atoms with Crippen LogP contribution in [0.5, 0.6) is 11.5 Å². The van der Waals surface area contributed by atoms with Gasteiger partial charge in [0.05, 0.1) is 29.4 Å². The maximum absolute atomic E-state index is 14.8. The third-order valence-corrected chi connectivity index (χ3v) is 15.1. The van der Waals surface area contributed by atoms with Crippen LogP contribution in [0.25, 0.3) is 32.8 Å². The largest absolute Gasteiger partial charge is 0.493 e. The zero-order valence-electron chi connectivity index (χ0n) is 41.5. The van der Waals surface area contributed by atoms with Crippen LogP contribution < -0.4 is 14.8 Å². The van der Waals surface area contributed by atoms with Crippen LogP contribution in [0.1, 0.15) is 89.8 Å². The zero-order chi connectivity index (χ0) is 50.7. The van der Waals surface area contributed by atoms with Crippen LogP contribution >= 0.6 is 11.6 Å². The van der Waals surface area contributed by atoms with Gasteiger partial charge in [0.25, 0.3) is 11.8 Å². The second kappa shape index (κ2) is 19.3. The number of carbonyl (C=O) groups excluding carboxylic acids is 5. The molecule has 2 aromatic heterocycles. The van der Waals surface area contributed by atoms with E-state index in [0.717, 1.165) is 62.7 Å². The minimum absolute atomic E-state index is 0.0782. The number of halogens is 2. The predicted molar refractivity (Wildman–Crippen MR) is 270 cm³/mol. The molecule has 0 aliphatic carbocycles. The van der Waals surface area contributed by atoms with E-state index in [4.69, 9.17) is 30.9 Å². The van der Waals surface area contributed by atoms with Gasteiger partial charge in [0.1, 0.15) is 34.7 Å². The molecular weight excluding hydrogens is 941 g/mol. The first kappa shape index (κ1) is 48.8. The summed E-state index contributed by atoms with van der Waals surface area (Å²) in [5, 5.41) is 10.1. The topological polar surface area (TPSA) is 158 Å². The maximum Gasteiger partial charge on any atom is 0.355 e. The van der Waals surface area contributed by atoms with Crippen LogP contribution in [0.15, 0.2) is 66.7 Å². The highest BCUT2D eigenvalue weighted by molar-refractivity contribution is 6.35. The van der Waals surface area contributed by atoms with Crippen molar-refractivity contribution < 1.29 is 42.6 Å². The molecule has 3 saturated heterocycles. The van der Waals surface area contributed by atoms with E-state index in [2.05, 4.69) is 14.8 Å². The summed E-state index contributed by atoms with van der Waals surface area (Å²) in [6.07, 6.45) is 2.34. The number of ether oxygens (including phenoxy) is 3. The minimum Gasteiger partial charge on any atom is -0.493 e. The Morgan fingerprint density at radius 3 is 2.46 bits per heavy atom. The molecule has 10 rings (SSSR count). The average molecular weight is 1000 g/mol. The van der Waals surface area contributed by atoms with Crippen LogP contribution in [-0.2, 0) is 45.7 Å². The van der Waals surface area contributed by atoms with Crippen LogP contribution in [0, 0.1) is 25.6 Å². The SMILES string of the molecule is Cc1nn(C)c(C)c1-c1c(Cl)ccc2c(CCCOc3cccc4cc(F)ccc34)c(C(=O)OC(C)(C)C)n(CCN3CCC4CN(C(=O)COc5cccc6c5CN(C5CCC(=O)NC5=O)C6=O)CC43)c12. The van der Waals surface area contributed by atoms with Crippen molar-refractivity contribution in [2.45, 2.75) is 97.5 Å². The van der Waals surface area contributed by atoms with E-state index in [0.29, 0.717) is 79.0 Å². The molecule has 0 bridgehead atoms. The van der Waals surface area contributed by atoms with E-state index in [1.165, 1.54) is 17.0 Å². The van der Waals surface area contributed by atoms with E-state index >= 15 is 0 Å². The summed E-state index contributed by atoms with van der Waals surface area (Å²) in [7, 11) is 1.91. The van der Waals surface area contributed by atoms with E-state index in [-0.39, 0.29) is 61.5 Å². The lowest BCUT2D eigenvalue weighted by molar-refractivity contribution is -0.137. The Morgan fingerprint density at radius 2 is 1.69 bits per heavy atom. The molecule has 15 nitrogen and oxygen atoms in total. The fourth-order valence-electron chi connectivity index (χ4n) is 11.4. The van der Waals surface area contributed by atoms with Gasteiger partial charge in [-0.05, 0) is 126 Å². The third-order valence-electron chi connectivity index (χ3n) is 14.8. The summed E-state index contributed by atoms with van der Waals surface area (Å²) in [6, 6.07) is 18.5. The van der Waals surface area contributed by atoms with Gasteiger partial charge in [-0.25, -0.2) is 9.18 Å². The number of nitrogens with one attached hydrogen (secondary N) is 1. The fourth-order valence-corrected chi connectivity index (χ4v) is 11.6. The molecule has 6 aromatic rings. The van der Waals surface area contributed by atoms with Crippen molar-refractivity contribution in [1.29, 1.82) is 0 Å². The molecule has 3 unspecified atom stereocenters. The van der Waals surface area contributed by atoms with Crippen LogP contribution in [0.3, 0.4) is 0 Å². The first-order valence-corrected chi connectivity index (χ1v) is 25.1. The zero-order valence-corrected chi connectivity index (χ0v) is 42.2. The predicted octanol–water partition coefficient (Wildman–Crippen LogP) is 7.94. The maximum atomic E-state index is 14.8. The molecule has 3 fully saturated rings. The van der Waals surface area contributed by atoms with Crippen molar-refractivity contribution in [3.8, 4) is 22.6 Å². The number of amides is 4. The number of hydrogen-bond donors (Lipinski definition) is 1. The molecule has 6 heterocycles. The summed E-state index contributed by atoms with van der Waals surface area (Å²) in [6.45, 7) is 12.7. The highest BCUT2D eigenvalue weighted by atomic mass is 35.5. The number of aryl methyl sites for hydroxylation is 3. The number of aromatic nitrogens is 3. The first-order valence-electron chi connectivity index (χ1n) is 24.8. The van der Waals surface area contributed by atoms with Gasteiger partial charge in [-0.1, -0.05) is 35.9 Å². The molecule has 3 atom stereocenters. The molecule has 4 aromatic carbocycles. The van der Waals surface area contributed by atoms with Crippen LogP contribution in [0.4, 0.5) is 4.39 Å². The summed E-state index contributed by atoms with van der Waals surface area (Å²) < 4.78 is 36.7. The highest BCUT2D eigenvalue weighted by Crippen LogP contribution is 2.43. The lowest BCUT2D eigenvalue weighted by Crippen LogP contribution is -2.52. The van der Waals surface area contributed by atoms with Gasteiger partial charge >= 0.3 is 5.97 Å². The fraction of sp³-hybridized carbons (Fsp3) is 0.418. The summed E-state index contributed by atoms with van der Waals surface area (Å²) in [4.78, 5) is 72.3. The minimum atomic E-state index is -0.788. The average Bonchev–Trinajstić information content (AvgIpc) is 4.13. The Kier molecular flexibility index (Phi) is 13.1. The lowest BCUT2D eigenvalue weighted by Gasteiger charge is -2.29. The van der Waals surface area contributed by atoms with Crippen molar-refractivity contribution in [2.24, 2.45) is 13.0 Å². The number of rotatable bonds is 14. The van der Waals surface area contributed by atoms with E-state index in [9.17, 15) is 28.4 Å². The molecule has 72 heavy (non-hydrogen) atoms. The summed E-state index contributed by atoms with van der Waals surface area (Å²) >= 11 is 7.25. The molecule has 0 spiro atoms. The van der Waals surface area contributed by atoms with Crippen molar-refractivity contribution >= 4 is 62.9 Å². The third kappa shape index (κ3) is 9.19. The normalized spacial score (nSPS) is 19.1. The van der Waals surface area contributed by atoms with E-state index in [1.54, 1.807) is 24.3 Å². The van der Waals surface area contributed by atoms with Gasteiger partial charge in [0.2, 0.25) is 11.8 Å². The van der Waals surface area contributed by atoms with Gasteiger partial charge in [-0.2, -0.15) is 5.10 Å². The van der Waals surface area contributed by atoms with Crippen LogP contribution in [-0.4, -0.2) is 116 Å². The molecule has 4 amide bonds. The van der Waals surface area contributed by atoms with Gasteiger partial charge < -0.3 is 28.6 Å². The molecule has 1 N–H and O–H groups in total. The monoisotopic (exact) mass is 999 g/mol. The van der Waals surface area contributed by atoms with Crippen molar-refractivity contribution in [1.82, 2.24) is 34.4 Å². The number of piperidine rings is 1. The number of carbonyl (C=O) groups is 5. The standard InChI is InChI=1S/C55H59ClFN7O8/c1-31-48(32(2)60(6)59-31)49-41(56)18-17-38-37(12-9-25-70-44-13-7-10-33-26-35(57)15-16-36(33)44)51(54(69)72-55(3,4)5)63(50(38)49)24-23-61-22-21-34-27-62(29-43(34)61)47(66)30-71-45-14-8-11-39-40(45)28-64(53(39)68)42-19-20-46(65)58-52(42)67/h7-8,10-11,13-18,26,34,42-43H,9,12,19-25,27-30H2,1-6H3,(H,58,65,67).